The fourth-order valence-electron chi connectivity index (χ4n) is 8.71. The summed E-state index contributed by atoms with van der Waals surface area (Å²) in [5.74, 6) is -1.31. The molecule has 7 rings (SSSR count). The van der Waals surface area contributed by atoms with Gasteiger partial charge in [0.05, 0.1) is 25.5 Å². The number of hydrogen-bond acceptors (Lipinski definition) is 12. The van der Waals surface area contributed by atoms with E-state index in [1.54, 1.807) is 66.4 Å². The van der Waals surface area contributed by atoms with Gasteiger partial charge in [0.15, 0.2) is 0 Å². The van der Waals surface area contributed by atoms with Crippen LogP contribution in [0.2, 0.25) is 0 Å². The molecule has 3 aromatic rings. The summed E-state index contributed by atoms with van der Waals surface area (Å²) in [6, 6.07) is 6.87. The topological polar surface area (TPSA) is 204 Å². The van der Waals surface area contributed by atoms with Gasteiger partial charge < -0.3 is 34.5 Å². The van der Waals surface area contributed by atoms with E-state index in [-0.39, 0.29) is 37.1 Å². The van der Waals surface area contributed by atoms with Gasteiger partial charge in [-0.1, -0.05) is 32.4 Å². The fourth-order valence-corrected chi connectivity index (χ4v) is 10.0. The maximum atomic E-state index is 15.1. The van der Waals surface area contributed by atoms with E-state index in [4.69, 9.17) is 23.9 Å². The molecule has 16 nitrogen and oxygen atoms in total. The number of fused-ring (bicyclic) bond motifs is 3. The minimum absolute atomic E-state index is 0.00196. The van der Waals surface area contributed by atoms with E-state index in [0.29, 0.717) is 49.1 Å². The van der Waals surface area contributed by atoms with E-state index in [1.165, 1.54) is 4.90 Å². The molecule has 2 saturated carbocycles. The van der Waals surface area contributed by atoms with Crippen LogP contribution in [0, 0.1) is 17.8 Å². The number of nitrogens with zero attached hydrogens (tertiary/aromatic N) is 3. The zero-order chi connectivity index (χ0) is 45.5. The number of carbonyl (C=O) groups is 4. The molecule has 0 unspecified atom stereocenters. The average Bonchev–Trinajstić information content (AvgIpc) is 4.12. The first-order valence-electron chi connectivity index (χ1n) is 21.8. The smallest absolute Gasteiger partial charge is 0.408 e. The lowest BCUT2D eigenvalue weighted by molar-refractivity contribution is -0.142. The first-order valence-corrected chi connectivity index (χ1v) is 23.3. The van der Waals surface area contributed by atoms with Crippen LogP contribution < -0.4 is 29.6 Å². The highest BCUT2D eigenvalue weighted by molar-refractivity contribution is 7.91. The van der Waals surface area contributed by atoms with Crippen molar-refractivity contribution < 1.29 is 46.5 Å². The second-order valence-corrected chi connectivity index (χ2v) is 21.0. The number of alkyl carbamates (subject to hydrolysis) is 1. The Morgan fingerprint density at radius 1 is 1.02 bits per heavy atom. The van der Waals surface area contributed by atoms with Gasteiger partial charge in [0.2, 0.25) is 33.6 Å². The zero-order valence-electron chi connectivity index (χ0n) is 37.4. The van der Waals surface area contributed by atoms with Crippen LogP contribution in [-0.4, -0.2) is 102 Å². The van der Waals surface area contributed by atoms with Gasteiger partial charge in [0, 0.05) is 52.7 Å². The summed E-state index contributed by atoms with van der Waals surface area (Å²) in [6.45, 7) is 10.8. The minimum Gasteiger partial charge on any atom is -0.497 e. The van der Waals surface area contributed by atoms with Gasteiger partial charge in [0.1, 0.15) is 35.1 Å². The highest BCUT2D eigenvalue weighted by Gasteiger charge is 2.63. The predicted molar refractivity (Wildman–Crippen MR) is 235 cm³/mol. The fraction of sp³-hybridized carbons (Fsp3) is 0.565. The number of nitrogens with one attached hydrogen (secondary N) is 3. The molecule has 7 atom stereocenters. The summed E-state index contributed by atoms with van der Waals surface area (Å²) in [5, 5.41) is 7.20. The number of allylic oxidation sites excluding steroid dienone is 1. The first-order chi connectivity index (χ1) is 29.8. The number of ether oxygens (including phenoxy) is 4. The number of benzene rings is 1. The zero-order valence-corrected chi connectivity index (χ0v) is 38.2. The average molecular weight is 889 g/mol. The number of hydrogen-bond donors (Lipinski definition) is 3. The van der Waals surface area contributed by atoms with Crippen molar-refractivity contribution in [3.05, 3.63) is 54.9 Å². The van der Waals surface area contributed by atoms with Crippen molar-refractivity contribution in [2.75, 3.05) is 20.8 Å². The number of sulfonamides is 1. The van der Waals surface area contributed by atoms with Crippen molar-refractivity contribution in [3.8, 4) is 28.6 Å². The molecular formula is C46H60N6O10S. The third-order valence-electron chi connectivity index (χ3n) is 12.9. The maximum Gasteiger partial charge on any atom is 0.408 e. The Labute approximate surface area is 369 Å². The van der Waals surface area contributed by atoms with Gasteiger partial charge in [-0.05, 0) is 102 Å². The first kappa shape index (κ1) is 45.6. The van der Waals surface area contributed by atoms with Crippen LogP contribution in [0.15, 0.2) is 54.9 Å². The summed E-state index contributed by atoms with van der Waals surface area (Å²) in [5.41, 5.74) is -0.877. The van der Waals surface area contributed by atoms with Crippen molar-refractivity contribution >= 4 is 44.6 Å². The summed E-state index contributed by atoms with van der Waals surface area (Å²) in [7, 11) is -0.914. The number of pyridine rings is 2. The van der Waals surface area contributed by atoms with Gasteiger partial charge in [0.25, 0.3) is 5.91 Å². The molecule has 0 spiro atoms. The van der Waals surface area contributed by atoms with Crippen LogP contribution in [0.4, 0.5) is 4.79 Å². The van der Waals surface area contributed by atoms with Gasteiger partial charge in [-0.25, -0.2) is 23.2 Å². The predicted octanol–water partition coefficient (Wildman–Crippen LogP) is 5.83. The van der Waals surface area contributed by atoms with Gasteiger partial charge in [-0.2, -0.15) is 0 Å². The van der Waals surface area contributed by atoms with Crippen LogP contribution in [-0.2, 0) is 29.1 Å². The lowest BCUT2D eigenvalue weighted by Gasteiger charge is -2.34. The lowest BCUT2D eigenvalue weighted by Crippen LogP contribution is -2.59. The van der Waals surface area contributed by atoms with Gasteiger partial charge in [-0.3, -0.25) is 19.1 Å². The molecule has 1 aromatic carbocycles. The highest BCUT2D eigenvalue weighted by Crippen LogP contribution is 2.48. The molecule has 3 N–H and O–H groups in total. The molecule has 2 aliphatic carbocycles. The van der Waals surface area contributed by atoms with Crippen LogP contribution in [0.1, 0.15) is 92.9 Å². The summed E-state index contributed by atoms with van der Waals surface area (Å²) >= 11 is 0. The molecule has 0 bridgehead atoms. The molecule has 0 radical (unpaired) electrons. The number of amides is 4. The molecule has 2 aliphatic heterocycles. The van der Waals surface area contributed by atoms with E-state index >= 15 is 4.79 Å². The summed E-state index contributed by atoms with van der Waals surface area (Å²) in [6.07, 6.45) is 9.26. The third kappa shape index (κ3) is 9.72. The molecule has 4 heterocycles. The Balaban J connectivity index is 1.26. The van der Waals surface area contributed by atoms with E-state index < -0.39 is 73.8 Å². The minimum atomic E-state index is -4.03. The SMILES string of the molecule is CC[C@@H]1C[C@H](C)CC/C=C\[C@@H]2C[C@@]2(C(=O)NS(=O)(=O)C2(C)CC2)NC(=O)[C@@H]2C[C@@H](Oc3ncc(-c4ccc(OC)nc4)c4cc(OC)ccc34)CN2C(=O)[C@H]1NC(=O)OC(C)(C)C. The van der Waals surface area contributed by atoms with E-state index in [9.17, 15) is 22.8 Å². The van der Waals surface area contributed by atoms with Crippen molar-refractivity contribution in [2.24, 2.45) is 17.8 Å². The number of rotatable bonds is 10. The summed E-state index contributed by atoms with van der Waals surface area (Å²) < 4.78 is 51.0. The monoisotopic (exact) mass is 888 g/mol. The molecule has 4 amide bonds. The van der Waals surface area contributed by atoms with Gasteiger partial charge >= 0.3 is 6.09 Å². The molecule has 3 fully saturated rings. The Morgan fingerprint density at radius 2 is 1.78 bits per heavy atom. The third-order valence-corrected chi connectivity index (χ3v) is 15.0. The second kappa shape index (κ2) is 17.6. The van der Waals surface area contributed by atoms with Gasteiger partial charge in [-0.15, -0.1) is 0 Å². The molecule has 63 heavy (non-hydrogen) atoms. The Hall–Kier alpha value is -5.45. The van der Waals surface area contributed by atoms with E-state index in [0.717, 1.165) is 22.9 Å². The highest BCUT2D eigenvalue weighted by atomic mass is 32.2. The van der Waals surface area contributed by atoms with E-state index in [1.807, 2.05) is 37.3 Å². The van der Waals surface area contributed by atoms with Crippen molar-refractivity contribution in [1.29, 1.82) is 0 Å². The lowest BCUT2D eigenvalue weighted by atomic mass is 9.85. The van der Waals surface area contributed by atoms with Crippen molar-refractivity contribution in [1.82, 2.24) is 30.2 Å². The standard InChI is InChI=1S/C46H60N6O10S/c1-9-28-20-27(2)12-10-11-13-30-23-46(30,42(55)51-63(57,58)45(6)18-19-45)50-39(53)36-22-32(26-52(36)41(54)38(28)49-43(56)62-44(3,4)5)61-40-33-16-15-31(59-7)21-34(33)35(25-48-40)29-14-17-37(60-8)47-24-29/h11,13-17,21,24-25,27-28,30,32,36,38H,9-10,12,18-20,22-23,26H2,1-8H3,(H,49,56)(H,50,53)(H,51,55)/b13-11-/t27-,28-,30-,32-,36+,38+,46-/m1/s1. The Morgan fingerprint density at radius 3 is 2.43 bits per heavy atom. The summed E-state index contributed by atoms with van der Waals surface area (Å²) in [4.78, 5) is 68.0. The molecule has 340 valence electrons. The Bertz CT molecular complexity index is 2380. The second-order valence-electron chi connectivity index (χ2n) is 18.8. The van der Waals surface area contributed by atoms with Crippen molar-refractivity contribution in [2.45, 2.75) is 127 Å². The number of carbonyl (C=O) groups excluding carboxylic acids is 4. The normalized spacial score (nSPS) is 27.7. The Kier molecular flexibility index (Phi) is 12.7. The van der Waals surface area contributed by atoms with E-state index in [2.05, 4.69) is 27.3 Å². The molecule has 1 saturated heterocycles. The molecular weight excluding hydrogens is 829 g/mol. The number of methoxy groups -OCH3 is 2. The van der Waals surface area contributed by atoms with Crippen LogP contribution in [0.5, 0.6) is 17.5 Å². The van der Waals surface area contributed by atoms with Crippen LogP contribution in [0.3, 0.4) is 0 Å². The quantitative estimate of drug-likeness (QED) is 0.206. The molecule has 4 aliphatic rings. The number of aromatic nitrogens is 2. The van der Waals surface area contributed by atoms with Crippen LogP contribution in [0.25, 0.3) is 21.9 Å². The largest absolute Gasteiger partial charge is 0.497 e. The molecule has 2 aromatic heterocycles. The van der Waals surface area contributed by atoms with Crippen molar-refractivity contribution in [3.63, 3.8) is 0 Å². The van der Waals surface area contributed by atoms with Crippen LogP contribution >= 0.6 is 0 Å². The maximum absolute atomic E-state index is 15.1. The molecule has 17 heteroatoms.